The van der Waals surface area contributed by atoms with E-state index in [4.69, 9.17) is 22.1 Å². The zero-order valence-corrected chi connectivity index (χ0v) is 13.5. The van der Waals surface area contributed by atoms with Crippen LogP contribution in [0.3, 0.4) is 0 Å². The molecule has 0 aliphatic carbocycles. The largest absolute Gasteiger partial charge is 0.504 e. The molecule has 0 unspecified atom stereocenters. The molecule has 122 valence electrons. The maximum Gasteiger partial charge on any atom is 0.316 e. The first-order valence-electron chi connectivity index (χ1n) is 6.59. The fourth-order valence-electron chi connectivity index (χ4n) is 2.35. The van der Waals surface area contributed by atoms with Crippen LogP contribution in [-0.4, -0.2) is 37.5 Å². The number of hydrogen-bond acceptors (Lipinski definition) is 5. The van der Waals surface area contributed by atoms with Crippen molar-refractivity contribution in [2.24, 2.45) is 5.73 Å². The summed E-state index contributed by atoms with van der Waals surface area (Å²) in [6, 6.07) is 1.66. The van der Waals surface area contributed by atoms with Crippen molar-refractivity contribution in [3.05, 3.63) is 17.2 Å². The van der Waals surface area contributed by atoms with Crippen molar-refractivity contribution in [1.82, 2.24) is 0 Å². The maximum atomic E-state index is 12.9. The predicted molar refractivity (Wildman–Crippen MR) is 82.0 cm³/mol. The van der Waals surface area contributed by atoms with Crippen LogP contribution in [0.15, 0.2) is 17.0 Å². The van der Waals surface area contributed by atoms with Gasteiger partial charge in [-0.05, 0) is 31.9 Å². The molecule has 0 atom stereocenters. The van der Waals surface area contributed by atoms with Gasteiger partial charge >= 0.3 is 6.03 Å². The summed E-state index contributed by atoms with van der Waals surface area (Å²) in [7, 11) is -3.94. The number of carbonyl (C=O) groups is 1. The van der Waals surface area contributed by atoms with Crippen LogP contribution in [0.1, 0.15) is 19.8 Å². The lowest BCUT2D eigenvalue weighted by atomic mass is 10.0. The summed E-state index contributed by atoms with van der Waals surface area (Å²) in [6.07, 6.45) is 0.581. The first kappa shape index (κ1) is 16.9. The molecule has 4 N–H and O–H groups in total. The van der Waals surface area contributed by atoms with Crippen LogP contribution in [0.25, 0.3) is 0 Å². The van der Waals surface area contributed by atoms with Crippen molar-refractivity contribution in [3.63, 3.8) is 0 Å². The van der Waals surface area contributed by atoms with Gasteiger partial charge in [0.25, 0.3) is 0 Å². The summed E-state index contributed by atoms with van der Waals surface area (Å²) >= 11 is 5.99. The highest BCUT2D eigenvalue weighted by Gasteiger charge is 2.44. The number of primary amides is 1. The lowest BCUT2D eigenvalue weighted by molar-refractivity contribution is 0.0788. The van der Waals surface area contributed by atoms with E-state index in [1.807, 2.05) is 0 Å². The molecule has 1 heterocycles. The lowest BCUT2D eigenvalue weighted by Gasteiger charge is -2.33. The molecule has 22 heavy (non-hydrogen) atoms. The SMILES string of the molecule is CC1(S(=O)(=O)c2c(Cl)ccc(NC(N)=O)c2O)CCOCC1. The molecule has 0 aromatic heterocycles. The third kappa shape index (κ3) is 2.86. The molecule has 1 saturated heterocycles. The Bertz CT molecular complexity index is 699. The Hall–Kier alpha value is -1.51. The molecule has 0 radical (unpaired) electrons. The van der Waals surface area contributed by atoms with Crippen molar-refractivity contribution in [3.8, 4) is 5.75 Å². The Morgan fingerprint density at radius 3 is 2.55 bits per heavy atom. The first-order chi connectivity index (χ1) is 10.2. The van der Waals surface area contributed by atoms with Crippen molar-refractivity contribution in [1.29, 1.82) is 0 Å². The highest BCUT2D eigenvalue weighted by atomic mass is 35.5. The molecule has 1 aliphatic rings. The van der Waals surface area contributed by atoms with Crippen LogP contribution in [-0.2, 0) is 14.6 Å². The van der Waals surface area contributed by atoms with Crippen LogP contribution in [0.2, 0.25) is 5.02 Å². The summed E-state index contributed by atoms with van der Waals surface area (Å²) in [5, 5.41) is 12.3. The Morgan fingerprint density at radius 1 is 1.41 bits per heavy atom. The van der Waals surface area contributed by atoms with Crippen molar-refractivity contribution < 1.29 is 23.1 Å². The van der Waals surface area contributed by atoms with E-state index in [9.17, 15) is 18.3 Å². The highest BCUT2D eigenvalue weighted by Crippen LogP contribution is 2.44. The number of phenolic OH excluding ortho intramolecular Hbond substituents is 1. The second-order valence-corrected chi connectivity index (χ2v) is 8.14. The molecule has 0 spiro atoms. The van der Waals surface area contributed by atoms with Crippen molar-refractivity contribution >= 4 is 33.2 Å². The highest BCUT2D eigenvalue weighted by molar-refractivity contribution is 7.93. The van der Waals surface area contributed by atoms with Gasteiger partial charge in [0.1, 0.15) is 4.90 Å². The minimum Gasteiger partial charge on any atom is -0.504 e. The fraction of sp³-hybridized carbons (Fsp3) is 0.462. The summed E-state index contributed by atoms with van der Waals surface area (Å²) < 4.78 is 30.0. The summed E-state index contributed by atoms with van der Waals surface area (Å²) in [5.74, 6) is -0.612. The van der Waals surface area contributed by atoms with Gasteiger partial charge in [0, 0.05) is 13.2 Å². The number of halogens is 1. The molecular formula is C13H17ClN2O5S. The monoisotopic (exact) mass is 348 g/mol. The van der Waals surface area contributed by atoms with Gasteiger partial charge in [-0.3, -0.25) is 0 Å². The molecule has 1 aliphatic heterocycles. The van der Waals surface area contributed by atoms with Gasteiger partial charge in [0.15, 0.2) is 15.6 Å². The molecule has 1 aromatic rings. The van der Waals surface area contributed by atoms with E-state index in [1.54, 1.807) is 6.92 Å². The van der Waals surface area contributed by atoms with Crippen LogP contribution >= 0.6 is 11.6 Å². The minimum absolute atomic E-state index is 0.105. The zero-order chi connectivity index (χ0) is 16.5. The van der Waals surface area contributed by atoms with Gasteiger partial charge in [0.05, 0.1) is 15.5 Å². The van der Waals surface area contributed by atoms with E-state index < -0.39 is 31.3 Å². The number of hydrogen-bond donors (Lipinski definition) is 3. The second-order valence-electron chi connectivity index (χ2n) is 5.33. The molecule has 2 rings (SSSR count). The van der Waals surface area contributed by atoms with E-state index in [0.29, 0.717) is 26.1 Å². The molecule has 7 nitrogen and oxygen atoms in total. The normalized spacial score (nSPS) is 17.9. The van der Waals surface area contributed by atoms with Gasteiger partial charge in [-0.25, -0.2) is 13.2 Å². The molecule has 9 heteroatoms. The number of aromatic hydroxyl groups is 1. The summed E-state index contributed by atoms with van der Waals surface area (Å²) in [4.78, 5) is 10.5. The van der Waals surface area contributed by atoms with Gasteiger partial charge in [-0.1, -0.05) is 11.6 Å². The number of amides is 2. The number of nitrogens with one attached hydrogen (secondary N) is 1. The second kappa shape index (κ2) is 5.94. The number of anilines is 1. The molecule has 1 fully saturated rings. The van der Waals surface area contributed by atoms with Gasteiger partial charge in [-0.2, -0.15) is 0 Å². The van der Waals surface area contributed by atoms with E-state index in [-0.39, 0.29) is 10.7 Å². The molecule has 1 aromatic carbocycles. The molecule has 2 amide bonds. The number of phenols is 1. The van der Waals surface area contributed by atoms with Gasteiger partial charge in [-0.15, -0.1) is 0 Å². The average Bonchev–Trinajstić information content (AvgIpc) is 2.42. The maximum absolute atomic E-state index is 12.9. The number of urea groups is 1. The summed E-state index contributed by atoms with van der Waals surface area (Å²) in [5.41, 5.74) is 4.89. The van der Waals surface area contributed by atoms with Crippen LogP contribution in [0, 0.1) is 0 Å². The van der Waals surface area contributed by atoms with E-state index in [1.165, 1.54) is 12.1 Å². The third-order valence-electron chi connectivity index (χ3n) is 3.81. The average molecular weight is 349 g/mol. The van der Waals surface area contributed by atoms with Crippen molar-refractivity contribution in [2.45, 2.75) is 29.4 Å². The number of sulfone groups is 1. The summed E-state index contributed by atoms with van der Waals surface area (Å²) in [6.45, 7) is 2.22. The number of rotatable bonds is 3. The predicted octanol–water partition coefficient (Wildman–Crippen LogP) is 1.88. The third-order valence-corrected chi connectivity index (χ3v) is 6.89. The van der Waals surface area contributed by atoms with Crippen LogP contribution in [0.5, 0.6) is 5.75 Å². The fourth-order valence-corrected chi connectivity index (χ4v) is 4.70. The molecular weight excluding hydrogens is 332 g/mol. The number of nitrogens with two attached hydrogens (primary N) is 1. The Morgan fingerprint density at radius 2 is 2.00 bits per heavy atom. The lowest BCUT2D eigenvalue weighted by Crippen LogP contribution is -2.41. The van der Waals surface area contributed by atoms with E-state index >= 15 is 0 Å². The number of ether oxygens (including phenoxy) is 1. The Kier molecular flexibility index (Phi) is 4.55. The van der Waals surface area contributed by atoms with Crippen molar-refractivity contribution in [2.75, 3.05) is 18.5 Å². The standard InChI is InChI=1S/C13H17ClN2O5S/c1-13(4-6-21-7-5-13)22(19,20)11-8(14)2-3-9(10(11)17)16-12(15)18/h2-3,17H,4-7H2,1H3,(H3,15,16,18). The number of carbonyl (C=O) groups excluding carboxylic acids is 1. The quantitative estimate of drug-likeness (QED) is 0.720. The first-order valence-corrected chi connectivity index (χ1v) is 8.45. The molecule has 0 saturated carbocycles. The van der Waals surface area contributed by atoms with Crippen LogP contribution < -0.4 is 11.1 Å². The smallest absolute Gasteiger partial charge is 0.316 e. The minimum atomic E-state index is -3.94. The van der Waals surface area contributed by atoms with E-state index in [0.717, 1.165) is 0 Å². The zero-order valence-electron chi connectivity index (χ0n) is 11.9. The Balaban J connectivity index is 2.57. The number of benzene rings is 1. The van der Waals surface area contributed by atoms with E-state index in [2.05, 4.69) is 5.32 Å². The molecule has 0 bridgehead atoms. The Labute approximate surface area is 133 Å². The topological polar surface area (TPSA) is 119 Å². The van der Waals surface area contributed by atoms with Crippen LogP contribution in [0.4, 0.5) is 10.5 Å². The van der Waals surface area contributed by atoms with Gasteiger partial charge in [0.2, 0.25) is 0 Å². The van der Waals surface area contributed by atoms with Gasteiger partial charge < -0.3 is 20.9 Å².